The van der Waals surface area contributed by atoms with E-state index in [-0.39, 0.29) is 27.9 Å². The van der Waals surface area contributed by atoms with Crippen LogP contribution in [0.3, 0.4) is 0 Å². The van der Waals surface area contributed by atoms with Gasteiger partial charge in [0.2, 0.25) is 0 Å². The third kappa shape index (κ3) is 10.5. The van der Waals surface area contributed by atoms with E-state index in [4.69, 9.17) is 13.3 Å². The average Bonchev–Trinajstić information content (AvgIpc) is 3.33. The molecule has 4 rings (SSSR count). The average molecular weight is 763 g/mol. The van der Waals surface area contributed by atoms with Crippen LogP contribution in [-0.2, 0) is 18.9 Å². The highest BCUT2D eigenvalue weighted by Gasteiger charge is 2.50. The quantitative estimate of drug-likeness (QED) is 0.185. The second-order valence-corrected chi connectivity index (χ2v) is 35.6. The number of rotatable bonds is 9. The Balaban J connectivity index is 1.51. The molecule has 0 aliphatic heterocycles. The lowest BCUT2D eigenvalue weighted by Crippen LogP contribution is -2.48. The summed E-state index contributed by atoms with van der Waals surface area (Å²) in [6.45, 7) is 39.9. The van der Waals surface area contributed by atoms with Crippen molar-refractivity contribution in [1.82, 2.24) is 0 Å². The van der Waals surface area contributed by atoms with E-state index < -0.39 is 25.0 Å². The smallest absolute Gasteiger partial charge is 0.192 e. The SMILES string of the molecule is C[C@H](C#Cc1ccc(C(C)(C)O[Si](C)(C)C)cc1)[C@H]1CC[C@H]2/C(=C/C=C3C[C@@H](O[Si](C)(C)C(C)(C)C)C[C@H](O[Si](C)(C)C(C)(C)C)C3)CCC[C@]12C. The zero-order valence-electron chi connectivity index (χ0n) is 36.7. The molecule has 0 amide bonds. The number of allylic oxidation sites excluding steroid dienone is 3. The van der Waals surface area contributed by atoms with Crippen LogP contribution in [0.25, 0.3) is 0 Å². The van der Waals surface area contributed by atoms with Gasteiger partial charge >= 0.3 is 0 Å². The summed E-state index contributed by atoms with van der Waals surface area (Å²) in [5.74, 6) is 8.97. The predicted molar refractivity (Wildman–Crippen MR) is 232 cm³/mol. The van der Waals surface area contributed by atoms with Gasteiger partial charge in [-0.1, -0.05) is 103 Å². The van der Waals surface area contributed by atoms with Gasteiger partial charge in [-0.15, -0.1) is 0 Å². The molecule has 0 unspecified atom stereocenters. The fourth-order valence-electron chi connectivity index (χ4n) is 9.03. The molecule has 3 fully saturated rings. The van der Waals surface area contributed by atoms with Crippen LogP contribution in [0.2, 0.25) is 55.9 Å². The van der Waals surface area contributed by atoms with Gasteiger partial charge < -0.3 is 13.3 Å². The Kier molecular flexibility index (Phi) is 13.2. The van der Waals surface area contributed by atoms with Crippen molar-refractivity contribution in [3.8, 4) is 11.8 Å². The number of fused-ring (bicyclic) bond motifs is 1. The Morgan fingerprint density at radius 1 is 0.788 bits per heavy atom. The maximum Gasteiger partial charge on any atom is 0.192 e. The Bertz CT molecular complexity index is 1460. The van der Waals surface area contributed by atoms with Crippen LogP contribution in [0.4, 0.5) is 0 Å². The lowest BCUT2D eigenvalue weighted by molar-refractivity contribution is 0.0725. The third-order valence-corrected chi connectivity index (χ3v) is 24.0. The molecule has 1 aromatic rings. The normalized spacial score (nSPS) is 27.9. The molecule has 0 heterocycles. The van der Waals surface area contributed by atoms with Gasteiger partial charge in [0, 0.05) is 11.5 Å². The summed E-state index contributed by atoms with van der Waals surface area (Å²) in [4.78, 5) is 0. The van der Waals surface area contributed by atoms with Crippen molar-refractivity contribution in [1.29, 1.82) is 0 Å². The van der Waals surface area contributed by atoms with Crippen LogP contribution in [0.1, 0.15) is 132 Å². The Hall–Kier alpha value is -1.21. The van der Waals surface area contributed by atoms with Crippen molar-refractivity contribution < 1.29 is 13.3 Å². The van der Waals surface area contributed by atoms with Crippen molar-refractivity contribution in [3.63, 3.8) is 0 Å². The zero-order chi connectivity index (χ0) is 39.1. The summed E-state index contributed by atoms with van der Waals surface area (Å²) in [7, 11) is -5.45. The highest BCUT2D eigenvalue weighted by molar-refractivity contribution is 6.74. The number of hydrogen-bond acceptors (Lipinski definition) is 3. The van der Waals surface area contributed by atoms with Gasteiger partial charge in [0.05, 0.1) is 17.8 Å². The molecular weight excluding hydrogens is 685 g/mol. The highest BCUT2D eigenvalue weighted by Crippen LogP contribution is 2.59. The molecule has 0 radical (unpaired) electrons. The molecule has 3 aliphatic carbocycles. The summed E-state index contributed by atoms with van der Waals surface area (Å²) in [5.41, 5.74) is 5.56. The molecule has 0 aromatic heterocycles. The van der Waals surface area contributed by atoms with Crippen molar-refractivity contribution in [2.24, 2.45) is 23.2 Å². The molecule has 6 heteroatoms. The van der Waals surface area contributed by atoms with Crippen molar-refractivity contribution in [2.45, 2.75) is 194 Å². The second-order valence-electron chi connectivity index (χ2n) is 21.7. The van der Waals surface area contributed by atoms with Gasteiger partial charge in [-0.3, -0.25) is 0 Å². The lowest BCUT2D eigenvalue weighted by atomic mass is 9.61. The maximum absolute atomic E-state index is 7.11. The molecule has 0 spiro atoms. The number of benzene rings is 1. The highest BCUT2D eigenvalue weighted by atomic mass is 28.4. The Morgan fingerprint density at radius 2 is 1.33 bits per heavy atom. The molecule has 0 saturated heterocycles. The van der Waals surface area contributed by atoms with Crippen molar-refractivity contribution >= 4 is 25.0 Å². The Labute approximate surface area is 324 Å². The summed E-state index contributed by atoms with van der Waals surface area (Å²) in [6.07, 6.45) is 15.0. The molecule has 6 atom stereocenters. The van der Waals surface area contributed by atoms with Crippen molar-refractivity contribution in [2.75, 3.05) is 0 Å². The summed E-state index contributed by atoms with van der Waals surface area (Å²) in [5, 5.41) is 0.396. The first-order valence-electron chi connectivity index (χ1n) is 20.7. The van der Waals surface area contributed by atoms with E-state index in [0.29, 0.717) is 23.2 Å². The maximum atomic E-state index is 7.11. The standard InChI is InChI=1S/C46H78O3Si3/c1-34(20-21-35-23-26-38(27-24-35)45(8,9)49-50(11,12)13)41-28-29-42-37(19-18-30-46(41,42)10)25-22-36-31-39(47-51(14,15)43(2,3)4)33-40(32-36)48-52(16,17)44(5,6)7/h22-27,34,39-42H,18-19,28-33H2,1-17H3/b37-25+/t34-,39-,40-,41-,42+,46-/m1/s1. The van der Waals surface area contributed by atoms with Crippen LogP contribution in [0.15, 0.2) is 47.6 Å². The first-order valence-corrected chi connectivity index (χ1v) is 29.9. The van der Waals surface area contributed by atoms with Crippen LogP contribution in [0, 0.1) is 35.0 Å². The molecule has 3 aliphatic rings. The van der Waals surface area contributed by atoms with Gasteiger partial charge in [-0.05, 0) is 156 Å². The molecule has 3 saturated carbocycles. The molecule has 52 heavy (non-hydrogen) atoms. The topological polar surface area (TPSA) is 27.7 Å². The summed E-state index contributed by atoms with van der Waals surface area (Å²) in [6, 6.07) is 8.80. The van der Waals surface area contributed by atoms with E-state index in [0.717, 1.165) is 24.8 Å². The van der Waals surface area contributed by atoms with Gasteiger partial charge in [0.15, 0.2) is 25.0 Å². The molecule has 0 N–H and O–H groups in total. The largest absolute Gasteiger partial charge is 0.414 e. The van der Waals surface area contributed by atoms with E-state index in [9.17, 15) is 0 Å². The lowest BCUT2D eigenvalue weighted by Gasteiger charge is -2.45. The Morgan fingerprint density at radius 3 is 1.83 bits per heavy atom. The van der Waals surface area contributed by atoms with Crippen LogP contribution < -0.4 is 0 Å². The number of hydrogen-bond donors (Lipinski definition) is 0. The third-order valence-electron chi connectivity index (χ3n) is 13.8. The molecular formula is C46H78O3Si3. The molecule has 1 aromatic carbocycles. The van der Waals surface area contributed by atoms with Gasteiger partial charge in [0.1, 0.15) is 0 Å². The van der Waals surface area contributed by atoms with Gasteiger partial charge in [0.25, 0.3) is 0 Å². The van der Waals surface area contributed by atoms with Gasteiger partial charge in [-0.2, -0.15) is 0 Å². The van der Waals surface area contributed by atoms with Crippen LogP contribution in [0.5, 0.6) is 0 Å². The summed E-state index contributed by atoms with van der Waals surface area (Å²) >= 11 is 0. The van der Waals surface area contributed by atoms with Crippen molar-refractivity contribution in [3.05, 3.63) is 58.7 Å². The van der Waals surface area contributed by atoms with Gasteiger partial charge in [-0.25, -0.2) is 0 Å². The van der Waals surface area contributed by atoms with E-state index >= 15 is 0 Å². The monoisotopic (exact) mass is 763 g/mol. The minimum atomic E-state index is -1.90. The molecule has 292 valence electrons. The minimum absolute atomic E-state index is 0.198. The van der Waals surface area contributed by atoms with E-state index in [2.05, 4.69) is 163 Å². The van der Waals surface area contributed by atoms with Crippen LogP contribution >= 0.6 is 0 Å². The first-order chi connectivity index (χ1) is 23.6. The summed E-state index contributed by atoms with van der Waals surface area (Å²) < 4.78 is 20.7. The fraction of sp³-hybridized carbons (Fsp3) is 0.739. The minimum Gasteiger partial charge on any atom is -0.414 e. The van der Waals surface area contributed by atoms with Crippen LogP contribution in [-0.4, -0.2) is 37.2 Å². The second kappa shape index (κ2) is 15.7. The predicted octanol–water partition coefficient (Wildman–Crippen LogP) is 13.8. The van der Waals surface area contributed by atoms with E-state index in [1.807, 2.05) is 0 Å². The fourth-order valence-corrected chi connectivity index (χ4v) is 13.4. The zero-order valence-corrected chi connectivity index (χ0v) is 39.7. The first kappa shape index (κ1) is 43.5. The van der Waals surface area contributed by atoms with E-state index in [1.165, 1.54) is 43.2 Å². The van der Waals surface area contributed by atoms with E-state index in [1.54, 1.807) is 5.57 Å². The molecule has 0 bridgehead atoms. The molecule has 3 nitrogen and oxygen atoms in total.